The fraction of sp³-hybridized carbons (Fsp3) is 0.833. The Labute approximate surface area is 67.0 Å². The summed E-state index contributed by atoms with van der Waals surface area (Å²) < 4.78 is 0. The molecule has 0 heterocycles. The number of nitrogens with two attached hydrogens (primary N) is 1. The Bertz CT molecular complexity index is 97.7. The van der Waals surface area contributed by atoms with E-state index in [1.165, 1.54) is 0 Å². The summed E-state index contributed by atoms with van der Waals surface area (Å²) in [5, 5.41) is 8.22. The van der Waals surface area contributed by atoms with Crippen LogP contribution >= 0.6 is 12.4 Å². The summed E-state index contributed by atoms with van der Waals surface area (Å²) in [7, 11) is 0. The van der Waals surface area contributed by atoms with Crippen LogP contribution in [-0.4, -0.2) is 17.6 Å². The van der Waals surface area contributed by atoms with Gasteiger partial charge in [-0.15, -0.1) is 12.4 Å². The molecule has 10 heavy (non-hydrogen) atoms. The zero-order valence-electron chi connectivity index (χ0n) is 6.04. The largest absolute Gasteiger partial charge is 0.481 e. The van der Waals surface area contributed by atoms with Gasteiger partial charge in [-0.05, 0) is 18.9 Å². The van der Waals surface area contributed by atoms with E-state index in [1.54, 1.807) is 0 Å². The third-order valence-corrected chi connectivity index (χ3v) is 1.25. The van der Waals surface area contributed by atoms with Gasteiger partial charge in [0, 0.05) is 6.42 Å². The predicted octanol–water partition coefficient (Wildman–Crippen LogP) is 0.868. The zero-order chi connectivity index (χ0) is 7.28. The van der Waals surface area contributed by atoms with E-state index in [-0.39, 0.29) is 18.8 Å². The normalized spacial score (nSPS) is 11.8. The summed E-state index contributed by atoms with van der Waals surface area (Å²) in [6.45, 7) is 2.52. The average Bonchev–Trinajstić information content (AvgIpc) is 1.83. The second-order valence-electron chi connectivity index (χ2n) is 2.27. The van der Waals surface area contributed by atoms with Crippen LogP contribution < -0.4 is 5.73 Å². The molecule has 0 aromatic heterocycles. The molecule has 1 atom stereocenters. The number of carboxylic acid groups (broad SMARTS) is 1. The van der Waals surface area contributed by atoms with Crippen LogP contribution in [0, 0.1) is 5.92 Å². The molecule has 0 aromatic rings. The van der Waals surface area contributed by atoms with Crippen molar-refractivity contribution in [1.82, 2.24) is 0 Å². The van der Waals surface area contributed by atoms with Crippen molar-refractivity contribution in [2.24, 2.45) is 11.7 Å². The third kappa shape index (κ3) is 7.72. The molecule has 0 amide bonds. The van der Waals surface area contributed by atoms with E-state index in [4.69, 9.17) is 10.8 Å². The highest BCUT2D eigenvalue weighted by molar-refractivity contribution is 5.85. The van der Waals surface area contributed by atoms with E-state index in [0.29, 0.717) is 18.9 Å². The van der Waals surface area contributed by atoms with Gasteiger partial charge < -0.3 is 10.8 Å². The average molecular weight is 168 g/mol. The fourth-order valence-electron chi connectivity index (χ4n) is 0.488. The predicted molar refractivity (Wildman–Crippen MR) is 42.3 cm³/mol. The Morgan fingerprint density at radius 3 is 2.50 bits per heavy atom. The van der Waals surface area contributed by atoms with Crippen molar-refractivity contribution in [3.05, 3.63) is 0 Å². The van der Waals surface area contributed by atoms with Gasteiger partial charge in [0.25, 0.3) is 0 Å². The molecular weight excluding hydrogens is 154 g/mol. The standard InChI is InChI=1S/C6H13NO2.ClH/c1-5(4-7)2-3-6(8)9;/h5H,2-4,7H2,1H3,(H,8,9);1H. The Morgan fingerprint density at radius 1 is 1.70 bits per heavy atom. The first-order valence-electron chi connectivity index (χ1n) is 3.08. The number of carbonyl (C=O) groups is 1. The van der Waals surface area contributed by atoms with Crippen LogP contribution in [0.2, 0.25) is 0 Å². The van der Waals surface area contributed by atoms with Crippen LogP contribution in [0.3, 0.4) is 0 Å². The van der Waals surface area contributed by atoms with Gasteiger partial charge in [-0.2, -0.15) is 0 Å². The minimum atomic E-state index is -0.740. The maximum Gasteiger partial charge on any atom is 0.303 e. The SMILES string of the molecule is CC(CN)CCC(=O)O.Cl. The highest BCUT2D eigenvalue weighted by Gasteiger charge is 2.01. The van der Waals surface area contributed by atoms with Crippen molar-refractivity contribution < 1.29 is 9.90 Å². The number of halogens is 1. The van der Waals surface area contributed by atoms with Gasteiger partial charge in [0.2, 0.25) is 0 Å². The molecule has 0 saturated heterocycles. The van der Waals surface area contributed by atoms with E-state index < -0.39 is 5.97 Å². The molecule has 4 heteroatoms. The summed E-state index contributed by atoms with van der Waals surface area (Å²) >= 11 is 0. The molecular formula is C6H14ClNO2. The van der Waals surface area contributed by atoms with Gasteiger partial charge in [0.05, 0.1) is 0 Å². The van der Waals surface area contributed by atoms with E-state index in [2.05, 4.69) is 0 Å². The lowest BCUT2D eigenvalue weighted by Crippen LogP contribution is -2.11. The number of carboxylic acids is 1. The molecule has 0 aliphatic rings. The Balaban J connectivity index is 0. The van der Waals surface area contributed by atoms with Crippen molar-refractivity contribution in [1.29, 1.82) is 0 Å². The molecule has 62 valence electrons. The first kappa shape index (κ1) is 12.4. The number of hydrogen-bond donors (Lipinski definition) is 2. The lowest BCUT2D eigenvalue weighted by atomic mass is 10.1. The Kier molecular flexibility index (Phi) is 8.48. The number of rotatable bonds is 4. The van der Waals surface area contributed by atoms with E-state index in [0.717, 1.165) is 0 Å². The van der Waals surface area contributed by atoms with Crippen LogP contribution in [0.25, 0.3) is 0 Å². The zero-order valence-corrected chi connectivity index (χ0v) is 6.86. The van der Waals surface area contributed by atoms with Gasteiger partial charge in [0.1, 0.15) is 0 Å². The summed E-state index contributed by atoms with van der Waals surface area (Å²) in [5.74, 6) is -0.406. The lowest BCUT2D eigenvalue weighted by Gasteiger charge is -2.03. The molecule has 0 aliphatic carbocycles. The van der Waals surface area contributed by atoms with Gasteiger partial charge in [-0.3, -0.25) is 4.79 Å². The highest BCUT2D eigenvalue weighted by Crippen LogP contribution is 2.01. The summed E-state index contributed by atoms with van der Waals surface area (Å²) in [6.07, 6.45) is 0.921. The van der Waals surface area contributed by atoms with Gasteiger partial charge >= 0.3 is 5.97 Å². The highest BCUT2D eigenvalue weighted by atomic mass is 35.5. The van der Waals surface area contributed by atoms with Crippen molar-refractivity contribution in [2.75, 3.05) is 6.54 Å². The summed E-state index contributed by atoms with van der Waals surface area (Å²) in [4.78, 5) is 9.98. The molecule has 3 N–H and O–H groups in total. The van der Waals surface area contributed by atoms with E-state index in [1.807, 2.05) is 6.92 Å². The monoisotopic (exact) mass is 167 g/mol. The van der Waals surface area contributed by atoms with Crippen LogP contribution in [0.1, 0.15) is 19.8 Å². The minimum absolute atomic E-state index is 0. The van der Waals surface area contributed by atoms with Crippen LogP contribution in [-0.2, 0) is 4.79 Å². The summed E-state index contributed by atoms with van der Waals surface area (Å²) in [6, 6.07) is 0. The smallest absolute Gasteiger partial charge is 0.303 e. The molecule has 1 unspecified atom stereocenters. The van der Waals surface area contributed by atoms with Crippen LogP contribution in [0.15, 0.2) is 0 Å². The van der Waals surface area contributed by atoms with E-state index >= 15 is 0 Å². The van der Waals surface area contributed by atoms with Crippen molar-refractivity contribution in [2.45, 2.75) is 19.8 Å². The van der Waals surface area contributed by atoms with Gasteiger partial charge in [0.15, 0.2) is 0 Å². The summed E-state index contributed by atoms with van der Waals surface area (Å²) in [5.41, 5.74) is 5.27. The van der Waals surface area contributed by atoms with Crippen molar-refractivity contribution in [3.63, 3.8) is 0 Å². The lowest BCUT2D eigenvalue weighted by molar-refractivity contribution is -0.137. The fourth-order valence-corrected chi connectivity index (χ4v) is 0.488. The second kappa shape index (κ2) is 6.83. The quantitative estimate of drug-likeness (QED) is 0.653. The molecule has 0 aliphatic heterocycles. The van der Waals surface area contributed by atoms with Crippen molar-refractivity contribution >= 4 is 18.4 Å². The van der Waals surface area contributed by atoms with Crippen LogP contribution in [0.5, 0.6) is 0 Å². The Morgan fingerprint density at radius 2 is 2.20 bits per heavy atom. The molecule has 0 bridgehead atoms. The maximum absolute atomic E-state index is 9.98. The molecule has 0 spiro atoms. The molecule has 0 saturated carbocycles. The maximum atomic E-state index is 9.98. The number of hydrogen-bond acceptors (Lipinski definition) is 2. The molecule has 0 fully saturated rings. The first-order valence-corrected chi connectivity index (χ1v) is 3.08. The topological polar surface area (TPSA) is 63.3 Å². The van der Waals surface area contributed by atoms with Gasteiger partial charge in [-0.1, -0.05) is 6.92 Å². The first-order chi connectivity index (χ1) is 4.16. The van der Waals surface area contributed by atoms with Gasteiger partial charge in [-0.25, -0.2) is 0 Å². The third-order valence-electron chi connectivity index (χ3n) is 1.25. The molecule has 0 rings (SSSR count). The van der Waals surface area contributed by atoms with Crippen molar-refractivity contribution in [3.8, 4) is 0 Å². The molecule has 0 radical (unpaired) electrons. The molecule has 0 aromatic carbocycles. The number of aliphatic carboxylic acids is 1. The van der Waals surface area contributed by atoms with Crippen LogP contribution in [0.4, 0.5) is 0 Å². The second-order valence-corrected chi connectivity index (χ2v) is 2.27. The minimum Gasteiger partial charge on any atom is -0.481 e. The molecule has 3 nitrogen and oxygen atoms in total. The Hall–Kier alpha value is -0.280. The van der Waals surface area contributed by atoms with E-state index in [9.17, 15) is 4.79 Å².